The minimum atomic E-state index is -3.74. The molecule has 19 heavy (non-hydrogen) atoms. The van der Waals surface area contributed by atoms with E-state index in [0.717, 1.165) is 12.8 Å². The van der Waals surface area contributed by atoms with Gasteiger partial charge in [0.15, 0.2) is 0 Å². The van der Waals surface area contributed by atoms with Crippen molar-refractivity contribution in [2.75, 3.05) is 0 Å². The first kappa shape index (κ1) is 14.6. The highest BCUT2D eigenvalue weighted by molar-refractivity contribution is 8.13. The summed E-state index contributed by atoms with van der Waals surface area (Å²) in [6, 6.07) is 2.90. The predicted molar refractivity (Wildman–Crippen MR) is 70.9 cm³/mol. The van der Waals surface area contributed by atoms with Gasteiger partial charge < -0.3 is 9.47 Å². The summed E-state index contributed by atoms with van der Waals surface area (Å²) in [4.78, 5) is 3.93. The molecule has 1 aliphatic rings. The third kappa shape index (κ3) is 4.06. The molecule has 0 aromatic carbocycles. The zero-order valence-corrected chi connectivity index (χ0v) is 12.3. The molecule has 1 fully saturated rings. The van der Waals surface area contributed by atoms with E-state index in [-0.39, 0.29) is 23.2 Å². The quantitative estimate of drug-likeness (QED) is 0.802. The molecule has 1 saturated heterocycles. The van der Waals surface area contributed by atoms with Crippen LogP contribution in [0.3, 0.4) is 0 Å². The molecule has 0 saturated carbocycles. The third-order valence-corrected chi connectivity index (χ3v) is 4.27. The Kier molecular flexibility index (Phi) is 4.32. The third-order valence-electron chi connectivity index (χ3n) is 2.93. The molecule has 1 aromatic heterocycles. The maximum atomic E-state index is 11.1. The molecule has 1 aliphatic heterocycles. The number of rotatable bonds is 3. The molecule has 0 bridgehead atoms. The topological polar surface area (TPSA) is 65.5 Å². The summed E-state index contributed by atoms with van der Waals surface area (Å²) in [5, 5.41) is 0. The zero-order valence-electron chi connectivity index (χ0n) is 10.7. The second-order valence-electron chi connectivity index (χ2n) is 4.74. The average molecular weight is 306 g/mol. The van der Waals surface area contributed by atoms with E-state index in [0.29, 0.717) is 5.88 Å². The second kappa shape index (κ2) is 5.64. The van der Waals surface area contributed by atoms with Crippen molar-refractivity contribution in [3.8, 4) is 5.88 Å². The smallest absolute Gasteiger partial charge is 0.262 e. The van der Waals surface area contributed by atoms with Crippen LogP contribution in [0.4, 0.5) is 0 Å². The predicted octanol–water partition coefficient (Wildman–Crippen LogP) is 2.34. The van der Waals surface area contributed by atoms with Crippen LogP contribution in [-0.2, 0) is 13.8 Å². The lowest BCUT2D eigenvalue weighted by Gasteiger charge is -2.31. The Morgan fingerprint density at radius 2 is 1.95 bits per heavy atom. The monoisotopic (exact) mass is 305 g/mol. The highest BCUT2D eigenvalue weighted by atomic mass is 35.7. The lowest BCUT2D eigenvalue weighted by molar-refractivity contribution is -0.0729. The van der Waals surface area contributed by atoms with Crippen LogP contribution in [0.1, 0.15) is 26.7 Å². The molecule has 0 spiro atoms. The number of aromatic nitrogens is 1. The zero-order chi connectivity index (χ0) is 14.0. The summed E-state index contributed by atoms with van der Waals surface area (Å²) in [5.41, 5.74) is 0. The van der Waals surface area contributed by atoms with Crippen LogP contribution >= 0.6 is 10.7 Å². The number of halogens is 1. The summed E-state index contributed by atoms with van der Waals surface area (Å²) in [5.74, 6) is 0.398. The number of hydrogen-bond donors (Lipinski definition) is 0. The van der Waals surface area contributed by atoms with Gasteiger partial charge in [-0.2, -0.15) is 0 Å². The van der Waals surface area contributed by atoms with Crippen molar-refractivity contribution in [3.05, 3.63) is 18.3 Å². The molecular weight excluding hydrogens is 290 g/mol. The Morgan fingerprint density at radius 3 is 2.42 bits per heavy atom. The fourth-order valence-corrected chi connectivity index (χ4v) is 2.88. The molecule has 2 atom stereocenters. The largest absolute Gasteiger partial charge is 0.474 e. The van der Waals surface area contributed by atoms with Crippen LogP contribution in [0.25, 0.3) is 0 Å². The van der Waals surface area contributed by atoms with Gasteiger partial charge >= 0.3 is 0 Å². The van der Waals surface area contributed by atoms with E-state index >= 15 is 0 Å². The molecule has 0 amide bonds. The van der Waals surface area contributed by atoms with Crippen molar-refractivity contribution >= 4 is 19.7 Å². The van der Waals surface area contributed by atoms with Crippen molar-refractivity contribution < 1.29 is 17.9 Å². The van der Waals surface area contributed by atoms with Gasteiger partial charge in [0.2, 0.25) is 5.88 Å². The van der Waals surface area contributed by atoms with Gasteiger partial charge in [0.05, 0.1) is 18.4 Å². The van der Waals surface area contributed by atoms with Gasteiger partial charge in [-0.3, -0.25) is 0 Å². The van der Waals surface area contributed by atoms with Gasteiger partial charge in [-0.15, -0.1) is 0 Å². The highest BCUT2D eigenvalue weighted by Gasteiger charge is 2.26. The van der Waals surface area contributed by atoms with Gasteiger partial charge in [0.1, 0.15) is 11.0 Å². The van der Waals surface area contributed by atoms with Crippen molar-refractivity contribution in [3.63, 3.8) is 0 Å². The van der Waals surface area contributed by atoms with Crippen LogP contribution < -0.4 is 4.74 Å². The standard InChI is InChI=1S/C12H16ClNO4S/c1-8-5-10(6-9(2)17-8)18-12-4-3-11(7-14-12)19(13,15)16/h3-4,7-10H,5-6H2,1-2H3. The summed E-state index contributed by atoms with van der Waals surface area (Å²) >= 11 is 0. The average Bonchev–Trinajstić information content (AvgIpc) is 2.26. The van der Waals surface area contributed by atoms with Crippen molar-refractivity contribution in [2.45, 2.75) is 49.9 Å². The molecule has 7 heteroatoms. The molecule has 0 aliphatic carbocycles. The summed E-state index contributed by atoms with van der Waals surface area (Å²) in [6.45, 7) is 4.01. The SMILES string of the molecule is CC1CC(Oc2ccc(S(=O)(=O)Cl)cn2)CC(C)O1. The fraction of sp³-hybridized carbons (Fsp3) is 0.583. The first-order valence-electron chi connectivity index (χ1n) is 6.07. The molecule has 5 nitrogen and oxygen atoms in total. The van der Waals surface area contributed by atoms with E-state index in [1.165, 1.54) is 18.3 Å². The molecule has 106 valence electrons. The Bertz CT molecular complexity index is 521. The first-order valence-corrected chi connectivity index (χ1v) is 8.38. The van der Waals surface area contributed by atoms with E-state index in [9.17, 15) is 8.42 Å². The van der Waals surface area contributed by atoms with Gasteiger partial charge in [-0.05, 0) is 19.9 Å². The molecule has 1 aromatic rings. The van der Waals surface area contributed by atoms with Gasteiger partial charge in [-0.25, -0.2) is 13.4 Å². The fourth-order valence-electron chi connectivity index (χ4n) is 2.19. The summed E-state index contributed by atoms with van der Waals surface area (Å²) in [7, 11) is 1.48. The van der Waals surface area contributed by atoms with Crippen LogP contribution in [0.5, 0.6) is 5.88 Å². The Morgan fingerprint density at radius 1 is 1.32 bits per heavy atom. The summed E-state index contributed by atoms with van der Waals surface area (Å²) < 4.78 is 33.5. The maximum Gasteiger partial charge on any atom is 0.262 e. The van der Waals surface area contributed by atoms with E-state index < -0.39 is 9.05 Å². The molecule has 0 N–H and O–H groups in total. The van der Waals surface area contributed by atoms with E-state index in [2.05, 4.69) is 4.98 Å². The van der Waals surface area contributed by atoms with E-state index in [4.69, 9.17) is 20.2 Å². The molecular formula is C12H16ClNO4S. The molecule has 2 rings (SSSR count). The van der Waals surface area contributed by atoms with Crippen molar-refractivity contribution in [1.29, 1.82) is 0 Å². The van der Waals surface area contributed by atoms with Crippen molar-refractivity contribution in [1.82, 2.24) is 4.98 Å². The number of hydrogen-bond acceptors (Lipinski definition) is 5. The number of ether oxygens (including phenoxy) is 2. The van der Waals surface area contributed by atoms with E-state index in [1.54, 1.807) is 0 Å². The lowest BCUT2D eigenvalue weighted by Crippen LogP contribution is -2.35. The van der Waals surface area contributed by atoms with Crippen LogP contribution in [-0.4, -0.2) is 31.7 Å². The van der Waals surface area contributed by atoms with Gasteiger partial charge in [0.25, 0.3) is 9.05 Å². The Hall–Kier alpha value is -0.850. The minimum absolute atomic E-state index is 0.0321. The Labute approximate surface area is 117 Å². The number of nitrogens with zero attached hydrogens (tertiary/aromatic N) is 1. The Balaban J connectivity index is 2.03. The van der Waals surface area contributed by atoms with Crippen molar-refractivity contribution in [2.24, 2.45) is 0 Å². The van der Waals surface area contributed by atoms with Crippen LogP contribution in [0.15, 0.2) is 23.2 Å². The maximum absolute atomic E-state index is 11.1. The normalized spacial score (nSPS) is 28.1. The molecule has 2 unspecified atom stereocenters. The molecule has 0 radical (unpaired) electrons. The van der Waals surface area contributed by atoms with Gasteiger partial charge in [0, 0.05) is 29.6 Å². The van der Waals surface area contributed by atoms with E-state index in [1.807, 2.05) is 13.8 Å². The van der Waals surface area contributed by atoms with Gasteiger partial charge in [-0.1, -0.05) is 0 Å². The molecule has 2 heterocycles. The number of pyridine rings is 1. The minimum Gasteiger partial charge on any atom is -0.474 e. The van der Waals surface area contributed by atoms with Crippen LogP contribution in [0, 0.1) is 0 Å². The second-order valence-corrected chi connectivity index (χ2v) is 7.30. The first-order chi connectivity index (χ1) is 8.84. The summed E-state index contributed by atoms with van der Waals surface area (Å²) in [6.07, 6.45) is 3.12. The highest BCUT2D eigenvalue weighted by Crippen LogP contribution is 2.24. The van der Waals surface area contributed by atoms with Crippen LogP contribution in [0.2, 0.25) is 0 Å². The lowest BCUT2D eigenvalue weighted by atomic mass is 10.0.